The fraction of sp³-hybridized carbons (Fsp3) is 0.238. The van der Waals surface area contributed by atoms with Crippen LogP contribution in [0.4, 0.5) is 5.69 Å². The van der Waals surface area contributed by atoms with E-state index in [9.17, 15) is 10.1 Å². The van der Waals surface area contributed by atoms with E-state index in [1.54, 1.807) is 13.3 Å². The second-order valence-corrected chi connectivity index (χ2v) is 6.08. The zero-order valence-corrected chi connectivity index (χ0v) is 14.7. The van der Waals surface area contributed by atoms with E-state index in [-0.39, 0.29) is 11.5 Å². The molecular formula is C21H21N3O2. The molecule has 0 aliphatic carbocycles. The lowest BCUT2D eigenvalue weighted by atomic mass is 10.1. The van der Waals surface area contributed by atoms with Crippen LogP contribution >= 0.6 is 0 Å². The van der Waals surface area contributed by atoms with Gasteiger partial charge in [-0.1, -0.05) is 30.3 Å². The van der Waals surface area contributed by atoms with Gasteiger partial charge in [0.2, 0.25) is 0 Å². The molecule has 5 heteroatoms. The molecule has 1 N–H and O–H groups in total. The van der Waals surface area contributed by atoms with Crippen molar-refractivity contribution in [2.24, 2.45) is 0 Å². The fourth-order valence-electron chi connectivity index (χ4n) is 3.00. The summed E-state index contributed by atoms with van der Waals surface area (Å²) in [5.74, 6) is 0.462. The lowest BCUT2D eigenvalue weighted by Crippen LogP contribution is -2.28. The first kappa shape index (κ1) is 17.6. The van der Waals surface area contributed by atoms with Gasteiger partial charge in [0.05, 0.1) is 7.11 Å². The Hall–Kier alpha value is -3.26. The number of para-hydroxylation sites is 1. The summed E-state index contributed by atoms with van der Waals surface area (Å²) in [6.45, 7) is 1.25. The molecule has 2 aromatic carbocycles. The van der Waals surface area contributed by atoms with Gasteiger partial charge < -0.3 is 15.0 Å². The molecule has 0 atom stereocenters. The van der Waals surface area contributed by atoms with E-state index < -0.39 is 0 Å². The van der Waals surface area contributed by atoms with E-state index in [4.69, 9.17) is 4.74 Å². The second-order valence-electron chi connectivity index (χ2n) is 6.08. The first-order chi connectivity index (χ1) is 12.7. The number of nitrogens with one attached hydrogen (secondary N) is 1. The smallest absolute Gasteiger partial charge is 0.263 e. The summed E-state index contributed by atoms with van der Waals surface area (Å²) >= 11 is 0. The Morgan fingerprint density at radius 1 is 1.27 bits per heavy atom. The zero-order valence-electron chi connectivity index (χ0n) is 14.7. The molecule has 0 saturated heterocycles. The van der Waals surface area contributed by atoms with Crippen LogP contribution in [0, 0.1) is 11.3 Å². The predicted octanol–water partition coefficient (Wildman–Crippen LogP) is 2.82. The third kappa shape index (κ3) is 4.04. The van der Waals surface area contributed by atoms with Crippen LogP contribution in [0.15, 0.2) is 60.3 Å². The molecule has 2 aromatic rings. The highest BCUT2D eigenvalue weighted by Crippen LogP contribution is 2.28. The molecule has 1 aliphatic heterocycles. The van der Waals surface area contributed by atoms with Gasteiger partial charge in [0, 0.05) is 25.0 Å². The summed E-state index contributed by atoms with van der Waals surface area (Å²) in [4.78, 5) is 14.3. The maximum absolute atomic E-state index is 12.3. The van der Waals surface area contributed by atoms with Gasteiger partial charge in [-0.3, -0.25) is 4.79 Å². The quantitative estimate of drug-likeness (QED) is 0.645. The van der Waals surface area contributed by atoms with Gasteiger partial charge in [0.15, 0.2) is 0 Å². The van der Waals surface area contributed by atoms with Crippen molar-refractivity contribution in [1.29, 1.82) is 5.26 Å². The number of carbonyl (C=O) groups is 1. The first-order valence-electron chi connectivity index (χ1n) is 8.59. The van der Waals surface area contributed by atoms with E-state index in [1.165, 1.54) is 5.56 Å². The Labute approximate surface area is 153 Å². The number of benzene rings is 2. The number of carbonyl (C=O) groups excluding carboxylic acids is 1. The molecule has 0 bridgehead atoms. The highest BCUT2D eigenvalue weighted by atomic mass is 16.5. The molecule has 1 heterocycles. The average Bonchev–Trinajstić information content (AvgIpc) is 3.09. The summed E-state index contributed by atoms with van der Waals surface area (Å²) in [7, 11) is 1.63. The van der Waals surface area contributed by atoms with Crippen LogP contribution < -0.4 is 15.0 Å². The van der Waals surface area contributed by atoms with Crippen LogP contribution in [0.2, 0.25) is 0 Å². The van der Waals surface area contributed by atoms with Crippen molar-refractivity contribution >= 4 is 11.6 Å². The Kier molecular flexibility index (Phi) is 5.55. The number of rotatable bonds is 6. The molecule has 1 aliphatic rings. The van der Waals surface area contributed by atoms with E-state index in [2.05, 4.69) is 11.4 Å². The number of hydrogen-bond acceptors (Lipinski definition) is 4. The SMILES string of the molecule is COc1ccc(CCNC(=O)/C(C#N)=C\N2CCc3ccccc32)cc1. The number of nitriles is 1. The van der Waals surface area contributed by atoms with Gasteiger partial charge in [0.25, 0.3) is 5.91 Å². The molecule has 1 amide bonds. The van der Waals surface area contributed by atoms with Crippen LogP contribution in [0.3, 0.4) is 0 Å². The largest absolute Gasteiger partial charge is 0.497 e. The van der Waals surface area contributed by atoms with Crippen molar-refractivity contribution in [3.8, 4) is 11.8 Å². The number of fused-ring (bicyclic) bond motifs is 1. The maximum Gasteiger partial charge on any atom is 0.263 e. The van der Waals surface area contributed by atoms with Gasteiger partial charge in [0.1, 0.15) is 17.4 Å². The van der Waals surface area contributed by atoms with E-state index in [0.717, 1.165) is 30.0 Å². The van der Waals surface area contributed by atoms with Gasteiger partial charge >= 0.3 is 0 Å². The Morgan fingerprint density at radius 2 is 2.04 bits per heavy atom. The molecule has 0 radical (unpaired) electrons. The lowest BCUT2D eigenvalue weighted by Gasteiger charge is -2.14. The summed E-state index contributed by atoms with van der Waals surface area (Å²) in [5.41, 5.74) is 3.52. The molecular weight excluding hydrogens is 326 g/mol. The molecule has 0 aromatic heterocycles. The van der Waals surface area contributed by atoms with E-state index >= 15 is 0 Å². The molecule has 5 nitrogen and oxygen atoms in total. The average molecular weight is 347 g/mol. The third-order valence-corrected chi connectivity index (χ3v) is 4.43. The minimum atomic E-state index is -0.342. The van der Waals surface area contributed by atoms with Crippen molar-refractivity contribution in [2.75, 3.05) is 25.1 Å². The lowest BCUT2D eigenvalue weighted by molar-refractivity contribution is -0.117. The Morgan fingerprint density at radius 3 is 2.77 bits per heavy atom. The molecule has 0 fully saturated rings. The number of amides is 1. The van der Waals surface area contributed by atoms with Crippen LogP contribution in [0.1, 0.15) is 11.1 Å². The van der Waals surface area contributed by atoms with Crippen LogP contribution in [0.5, 0.6) is 5.75 Å². The number of hydrogen-bond donors (Lipinski definition) is 1. The summed E-state index contributed by atoms with van der Waals surface area (Å²) < 4.78 is 5.13. The van der Waals surface area contributed by atoms with Crippen LogP contribution in [0.25, 0.3) is 0 Å². The molecule has 132 valence electrons. The normalized spacial score (nSPS) is 13.1. The van der Waals surface area contributed by atoms with Crippen molar-refractivity contribution in [1.82, 2.24) is 5.32 Å². The van der Waals surface area contributed by atoms with Crippen LogP contribution in [-0.2, 0) is 17.6 Å². The van der Waals surface area contributed by atoms with Crippen molar-refractivity contribution < 1.29 is 9.53 Å². The maximum atomic E-state index is 12.3. The van der Waals surface area contributed by atoms with Crippen molar-refractivity contribution in [3.05, 3.63) is 71.4 Å². The number of anilines is 1. The van der Waals surface area contributed by atoms with Gasteiger partial charge in [-0.15, -0.1) is 0 Å². The highest BCUT2D eigenvalue weighted by Gasteiger charge is 2.19. The van der Waals surface area contributed by atoms with Gasteiger partial charge in [-0.2, -0.15) is 5.26 Å². The summed E-state index contributed by atoms with van der Waals surface area (Å²) in [6.07, 6.45) is 3.26. The molecule has 0 spiro atoms. The molecule has 0 saturated carbocycles. The standard InChI is InChI=1S/C21H21N3O2/c1-26-19-8-6-16(7-9-19)10-12-23-21(25)18(14-22)15-24-13-11-17-4-2-3-5-20(17)24/h2-9,15H,10-13H2,1H3,(H,23,25)/b18-15-. The van der Waals surface area contributed by atoms with E-state index in [1.807, 2.05) is 53.4 Å². The second kappa shape index (κ2) is 8.21. The highest BCUT2D eigenvalue weighted by molar-refractivity contribution is 5.97. The Balaban J connectivity index is 1.58. The monoisotopic (exact) mass is 347 g/mol. The topological polar surface area (TPSA) is 65.4 Å². The summed E-state index contributed by atoms with van der Waals surface area (Å²) in [6, 6.07) is 17.8. The fourth-order valence-corrected chi connectivity index (χ4v) is 3.00. The molecule has 0 unspecified atom stereocenters. The van der Waals surface area contributed by atoms with Gasteiger partial charge in [-0.25, -0.2) is 0 Å². The van der Waals surface area contributed by atoms with Crippen molar-refractivity contribution in [3.63, 3.8) is 0 Å². The predicted molar refractivity (Wildman–Crippen MR) is 101 cm³/mol. The number of methoxy groups -OCH3 is 1. The zero-order chi connectivity index (χ0) is 18.4. The Bertz CT molecular complexity index is 850. The minimum Gasteiger partial charge on any atom is -0.497 e. The van der Waals surface area contributed by atoms with Gasteiger partial charge in [-0.05, 0) is 42.2 Å². The van der Waals surface area contributed by atoms with Crippen molar-refractivity contribution in [2.45, 2.75) is 12.8 Å². The first-order valence-corrected chi connectivity index (χ1v) is 8.59. The number of nitrogens with zero attached hydrogens (tertiary/aromatic N) is 2. The van der Waals surface area contributed by atoms with E-state index in [0.29, 0.717) is 13.0 Å². The molecule has 26 heavy (non-hydrogen) atoms. The number of ether oxygens (including phenoxy) is 1. The minimum absolute atomic E-state index is 0.122. The summed E-state index contributed by atoms with van der Waals surface area (Å²) in [5, 5.41) is 12.2. The van der Waals surface area contributed by atoms with Crippen LogP contribution in [-0.4, -0.2) is 26.1 Å². The third-order valence-electron chi connectivity index (χ3n) is 4.43. The molecule has 3 rings (SSSR count).